The van der Waals surface area contributed by atoms with Gasteiger partial charge >= 0.3 is 0 Å². The van der Waals surface area contributed by atoms with E-state index in [0.29, 0.717) is 24.6 Å². The maximum Gasteiger partial charge on any atom is 0.218 e. The van der Waals surface area contributed by atoms with Crippen molar-refractivity contribution < 1.29 is 4.74 Å². The SMILES string of the molecule is CCOc1cc(NC2CCC(N)CC2)nc(C)n1. The van der Waals surface area contributed by atoms with Gasteiger partial charge in [0.2, 0.25) is 5.88 Å². The van der Waals surface area contributed by atoms with E-state index in [-0.39, 0.29) is 0 Å². The number of aryl methyl sites for hydroxylation is 1. The van der Waals surface area contributed by atoms with E-state index in [1.165, 1.54) is 0 Å². The lowest BCUT2D eigenvalue weighted by Gasteiger charge is -2.27. The number of hydrogen-bond donors (Lipinski definition) is 2. The normalized spacial score (nSPS) is 23.7. The van der Waals surface area contributed by atoms with Crippen molar-refractivity contribution in [3.8, 4) is 5.88 Å². The average molecular weight is 250 g/mol. The van der Waals surface area contributed by atoms with Gasteiger partial charge in [0.15, 0.2) is 0 Å². The van der Waals surface area contributed by atoms with Gasteiger partial charge in [-0.2, -0.15) is 4.98 Å². The number of hydrogen-bond acceptors (Lipinski definition) is 5. The van der Waals surface area contributed by atoms with Crippen molar-refractivity contribution in [3.05, 3.63) is 11.9 Å². The fourth-order valence-electron chi connectivity index (χ4n) is 2.31. The van der Waals surface area contributed by atoms with Crippen molar-refractivity contribution in [2.24, 2.45) is 5.73 Å². The highest BCUT2D eigenvalue weighted by Crippen LogP contribution is 2.21. The molecule has 0 bridgehead atoms. The molecule has 3 N–H and O–H groups in total. The summed E-state index contributed by atoms with van der Waals surface area (Å²) in [5.74, 6) is 2.22. The summed E-state index contributed by atoms with van der Waals surface area (Å²) in [4.78, 5) is 8.63. The molecule has 0 aliphatic heterocycles. The molecular formula is C13H22N4O. The van der Waals surface area contributed by atoms with Crippen LogP contribution in [0.2, 0.25) is 0 Å². The smallest absolute Gasteiger partial charge is 0.218 e. The maximum absolute atomic E-state index is 5.90. The summed E-state index contributed by atoms with van der Waals surface area (Å²) in [6.07, 6.45) is 4.38. The lowest BCUT2D eigenvalue weighted by Crippen LogP contribution is -2.33. The average Bonchev–Trinajstić information content (AvgIpc) is 2.32. The zero-order valence-corrected chi connectivity index (χ0v) is 11.1. The second kappa shape index (κ2) is 6.00. The molecule has 18 heavy (non-hydrogen) atoms. The third kappa shape index (κ3) is 3.57. The Kier molecular flexibility index (Phi) is 4.36. The maximum atomic E-state index is 5.90. The summed E-state index contributed by atoms with van der Waals surface area (Å²) in [5, 5.41) is 3.45. The molecule has 1 aliphatic carbocycles. The van der Waals surface area contributed by atoms with Crippen molar-refractivity contribution in [2.75, 3.05) is 11.9 Å². The van der Waals surface area contributed by atoms with Gasteiger partial charge in [0, 0.05) is 18.2 Å². The van der Waals surface area contributed by atoms with E-state index < -0.39 is 0 Å². The first-order valence-electron chi connectivity index (χ1n) is 6.68. The highest BCUT2D eigenvalue weighted by Gasteiger charge is 2.18. The summed E-state index contributed by atoms with van der Waals surface area (Å²) in [6.45, 7) is 4.45. The zero-order valence-electron chi connectivity index (χ0n) is 11.1. The Bertz CT molecular complexity index is 389. The lowest BCUT2D eigenvalue weighted by molar-refractivity contribution is 0.325. The molecular weight excluding hydrogens is 228 g/mol. The fraction of sp³-hybridized carbons (Fsp3) is 0.692. The van der Waals surface area contributed by atoms with Gasteiger partial charge < -0.3 is 15.8 Å². The summed E-state index contributed by atoms with van der Waals surface area (Å²) >= 11 is 0. The zero-order chi connectivity index (χ0) is 13.0. The Labute approximate surface area is 108 Å². The molecule has 1 aromatic rings. The van der Waals surface area contributed by atoms with E-state index in [2.05, 4.69) is 15.3 Å². The molecule has 1 saturated carbocycles. The van der Waals surface area contributed by atoms with E-state index in [1.807, 2.05) is 19.9 Å². The van der Waals surface area contributed by atoms with E-state index in [0.717, 1.165) is 37.3 Å². The standard InChI is InChI=1S/C13H22N4O/c1-3-18-13-8-12(15-9(2)16-13)17-11-6-4-10(14)5-7-11/h8,10-11H,3-7,14H2,1-2H3,(H,15,16,17). The topological polar surface area (TPSA) is 73.1 Å². The Morgan fingerprint density at radius 1 is 1.33 bits per heavy atom. The molecule has 5 heteroatoms. The van der Waals surface area contributed by atoms with Gasteiger partial charge in [0.1, 0.15) is 11.6 Å². The van der Waals surface area contributed by atoms with Crippen LogP contribution in [0.15, 0.2) is 6.07 Å². The third-order valence-electron chi connectivity index (χ3n) is 3.23. The predicted octanol–water partition coefficient (Wildman–Crippen LogP) is 1.87. The number of nitrogens with two attached hydrogens (primary N) is 1. The number of nitrogens with zero attached hydrogens (tertiary/aromatic N) is 2. The lowest BCUT2D eigenvalue weighted by atomic mass is 9.92. The van der Waals surface area contributed by atoms with E-state index >= 15 is 0 Å². The Morgan fingerprint density at radius 3 is 2.72 bits per heavy atom. The van der Waals surface area contributed by atoms with E-state index in [4.69, 9.17) is 10.5 Å². The predicted molar refractivity (Wildman–Crippen MR) is 71.8 cm³/mol. The first-order valence-corrected chi connectivity index (χ1v) is 6.68. The summed E-state index contributed by atoms with van der Waals surface area (Å²) < 4.78 is 5.42. The minimum absolute atomic E-state index is 0.370. The van der Waals surface area contributed by atoms with Crippen molar-refractivity contribution in [1.82, 2.24) is 9.97 Å². The van der Waals surface area contributed by atoms with Gasteiger partial charge in [0.05, 0.1) is 6.61 Å². The van der Waals surface area contributed by atoms with Gasteiger partial charge in [-0.05, 0) is 39.5 Å². The van der Waals surface area contributed by atoms with Crippen LogP contribution in [-0.2, 0) is 0 Å². The number of ether oxygens (including phenoxy) is 1. The van der Waals surface area contributed by atoms with Crippen LogP contribution in [0.25, 0.3) is 0 Å². The molecule has 1 fully saturated rings. The van der Waals surface area contributed by atoms with Crippen molar-refractivity contribution >= 4 is 5.82 Å². The molecule has 0 saturated heterocycles. The monoisotopic (exact) mass is 250 g/mol. The molecule has 0 atom stereocenters. The summed E-state index contributed by atoms with van der Waals surface area (Å²) in [5.41, 5.74) is 5.90. The molecule has 0 radical (unpaired) electrons. The van der Waals surface area contributed by atoms with E-state index in [1.54, 1.807) is 0 Å². The van der Waals surface area contributed by atoms with Crippen LogP contribution in [0.4, 0.5) is 5.82 Å². The molecule has 100 valence electrons. The van der Waals surface area contributed by atoms with Crippen molar-refractivity contribution in [2.45, 2.75) is 51.6 Å². The molecule has 1 heterocycles. The van der Waals surface area contributed by atoms with Gasteiger partial charge in [0.25, 0.3) is 0 Å². The first kappa shape index (κ1) is 13.1. The second-order valence-electron chi connectivity index (χ2n) is 4.83. The summed E-state index contributed by atoms with van der Waals surface area (Å²) in [7, 11) is 0. The van der Waals surface area contributed by atoms with Crippen molar-refractivity contribution in [1.29, 1.82) is 0 Å². The highest BCUT2D eigenvalue weighted by atomic mass is 16.5. The van der Waals surface area contributed by atoms with Gasteiger partial charge in [-0.1, -0.05) is 0 Å². The summed E-state index contributed by atoms with van der Waals surface area (Å²) in [6, 6.07) is 2.70. The Balaban J connectivity index is 2.00. The quantitative estimate of drug-likeness (QED) is 0.853. The van der Waals surface area contributed by atoms with Crippen LogP contribution in [0.5, 0.6) is 5.88 Å². The van der Waals surface area contributed by atoms with Crippen LogP contribution in [0, 0.1) is 6.92 Å². The number of anilines is 1. The van der Waals surface area contributed by atoms with Crippen LogP contribution < -0.4 is 15.8 Å². The molecule has 0 amide bonds. The van der Waals surface area contributed by atoms with Crippen LogP contribution >= 0.6 is 0 Å². The van der Waals surface area contributed by atoms with Gasteiger partial charge in [-0.3, -0.25) is 0 Å². The largest absolute Gasteiger partial charge is 0.478 e. The fourth-order valence-corrected chi connectivity index (χ4v) is 2.31. The minimum Gasteiger partial charge on any atom is -0.478 e. The molecule has 5 nitrogen and oxygen atoms in total. The van der Waals surface area contributed by atoms with Gasteiger partial charge in [-0.25, -0.2) is 4.98 Å². The molecule has 0 aromatic carbocycles. The minimum atomic E-state index is 0.370. The van der Waals surface area contributed by atoms with Crippen molar-refractivity contribution in [3.63, 3.8) is 0 Å². The molecule has 1 aliphatic rings. The number of rotatable bonds is 4. The second-order valence-corrected chi connectivity index (χ2v) is 4.83. The number of nitrogens with one attached hydrogen (secondary N) is 1. The first-order chi connectivity index (χ1) is 8.67. The molecule has 0 unspecified atom stereocenters. The van der Waals surface area contributed by atoms with Gasteiger partial charge in [-0.15, -0.1) is 0 Å². The Hall–Kier alpha value is -1.36. The van der Waals surface area contributed by atoms with E-state index in [9.17, 15) is 0 Å². The molecule has 1 aromatic heterocycles. The third-order valence-corrected chi connectivity index (χ3v) is 3.23. The van der Waals surface area contributed by atoms with Crippen LogP contribution in [0.1, 0.15) is 38.4 Å². The Morgan fingerprint density at radius 2 is 2.06 bits per heavy atom. The number of aromatic nitrogens is 2. The van der Waals surface area contributed by atoms with Crippen LogP contribution in [0.3, 0.4) is 0 Å². The highest BCUT2D eigenvalue weighted by molar-refractivity contribution is 5.39. The molecule has 2 rings (SSSR count). The van der Waals surface area contributed by atoms with Crippen LogP contribution in [-0.4, -0.2) is 28.7 Å². The molecule has 0 spiro atoms.